The molecule has 0 bridgehead atoms. The van der Waals surface area contributed by atoms with Crippen molar-refractivity contribution >= 4 is 38.1 Å². The van der Waals surface area contributed by atoms with Crippen molar-refractivity contribution in [2.24, 2.45) is 5.10 Å². The summed E-state index contributed by atoms with van der Waals surface area (Å²) in [5, 5.41) is 16.1. The van der Waals surface area contributed by atoms with Gasteiger partial charge in [0.15, 0.2) is 0 Å². The van der Waals surface area contributed by atoms with E-state index in [1.165, 1.54) is 19.3 Å². The van der Waals surface area contributed by atoms with Gasteiger partial charge in [0.2, 0.25) is 0 Å². The third kappa shape index (κ3) is 3.45. The lowest BCUT2D eigenvalue weighted by Gasteiger charge is -2.23. The molecule has 0 atom stereocenters. The van der Waals surface area contributed by atoms with E-state index in [1.54, 1.807) is 0 Å². The fraction of sp³-hybridized carbons (Fsp3) is 0.417. The second-order valence-corrected chi connectivity index (χ2v) is 5.80. The Labute approximate surface area is 118 Å². The molecule has 1 aromatic carbocycles. The molecule has 0 aromatic heterocycles. The third-order valence-corrected chi connectivity index (χ3v) is 3.95. The monoisotopic (exact) mass is 360 g/mol. The fourth-order valence-corrected chi connectivity index (χ4v) is 3.02. The third-order valence-electron chi connectivity index (χ3n) is 2.74. The Morgan fingerprint density at radius 1 is 1.12 bits per heavy atom. The van der Waals surface area contributed by atoms with Crippen LogP contribution in [0.15, 0.2) is 26.2 Å². The quantitative estimate of drug-likeness (QED) is 0.814. The number of hydrogen-bond acceptors (Lipinski definition) is 3. The van der Waals surface area contributed by atoms with Gasteiger partial charge in [-0.2, -0.15) is 5.10 Å². The lowest BCUT2D eigenvalue weighted by atomic mass is 10.2. The van der Waals surface area contributed by atoms with Gasteiger partial charge in [0.25, 0.3) is 0 Å². The Bertz CT molecular complexity index is 406. The van der Waals surface area contributed by atoms with Crippen LogP contribution in [-0.2, 0) is 0 Å². The molecule has 92 valence electrons. The predicted molar refractivity (Wildman–Crippen MR) is 76.5 cm³/mol. The molecule has 0 amide bonds. The zero-order chi connectivity index (χ0) is 12.3. The van der Waals surface area contributed by atoms with Gasteiger partial charge in [-0.05, 0) is 68.8 Å². The first-order valence-electron chi connectivity index (χ1n) is 5.64. The summed E-state index contributed by atoms with van der Waals surface area (Å²) < 4.78 is 1.35. The smallest absolute Gasteiger partial charge is 0.143 e. The highest BCUT2D eigenvalue weighted by molar-refractivity contribution is 9.11. The van der Waals surface area contributed by atoms with Gasteiger partial charge in [0, 0.05) is 13.1 Å². The average molecular weight is 362 g/mol. The maximum Gasteiger partial charge on any atom is 0.143 e. The maximum atomic E-state index is 9.60. The standard InChI is InChI=1S/C12H14Br2N2O/c13-10-6-9(7-11(14)12(10)17)8-15-16-4-2-1-3-5-16/h6-8,17H,1-5H2/b15-8+. The van der Waals surface area contributed by atoms with E-state index in [9.17, 15) is 5.11 Å². The number of rotatable bonds is 2. The van der Waals surface area contributed by atoms with Gasteiger partial charge in [-0.15, -0.1) is 0 Å². The van der Waals surface area contributed by atoms with Crippen LogP contribution in [0.4, 0.5) is 0 Å². The minimum absolute atomic E-state index is 0.222. The zero-order valence-corrected chi connectivity index (χ0v) is 12.5. The largest absolute Gasteiger partial charge is 0.506 e. The molecule has 1 aromatic rings. The van der Waals surface area contributed by atoms with Crippen LogP contribution in [0, 0.1) is 0 Å². The molecule has 0 aliphatic carbocycles. The second kappa shape index (κ2) is 5.87. The van der Waals surface area contributed by atoms with E-state index in [4.69, 9.17) is 0 Å². The molecule has 0 unspecified atom stereocenters. The lowest BCUT2D eigenvalue weighted by Crippen LogP contribution is -2.24. The van der Waals surface area contributed by atoms with E-state index in [0.29, 0.717) is 8.95 Å². The lowest BCUT2D eigenvalue weighted by molar-refractivity contribution is 0.240. The Hall–Kier alpha value is -0.550. The van der Waals surface area contributed by atoms with Crippen molar-refractivity contribution in [2.45, 2.75) is 19.3 Å². The number of benzene rings is 1. The summed E-state index contributed by atoms with van der Waals surface area (Å²) in [5.41, 5.74) is 0.965. The number of hydrazone groups is 1. The van der Waals surface area contributed by atoms with Crippen molar-refractivity contribution in [1.82, 2.24) is 5.01 Å². The van der Waals surface area contributed by atoms with Gasteiger partial charge in [-0.25, -0.2) is 0 Å². The Morgan fingerprint density at radius 2 is 1.71 bits per heavy atom. The average Bonchev–Trinajstić information content (AvgIpc) is 2.34. The molecule has 1 heterocycles. The fourth-order valence-electron chi connectivity index (χ4n) is 1.80. The first-order chi connectivity index (χ1) is 8.16. The van der Waals surface area contributed by atoms with Gasteiger partial charge < -0.3 is 5.11 Å². The van der Waals surface area contributed by atoms with E-state index in [1.807, 2.05) is 18.3 Å². The van der Waals surface area contributed by atoms with E-state index in [0.717, 1.165) is 18.7 Å². The van der Waals surface area contributed by atoms with Gasteiger partial charge in [0.1, 0.15) is 5.75 Å². The molecule has 2 rings (SSSR count). The molecule has 0 radical (unpaired) electrons. The van der Waals surface area contributed by atoms with Crippen molar-refractivity contribution in [2.75, 3.05) is 13.1 Å². The van der Waals surface area contributed by atoms with E-state index in [2.05, 4.69) is 42.0 Å². The first kappa shape index (κ1) is 12.9. The summed E-state index contributed by atoms with van der Waals surface area (Å²) in [5.74, 6) is 0.222. The molecule has 17 heavy (non-hydrogen) atoms. The minimum Gasteiger partial charge on any atom is -0.506 e. The van der Waals surface area contributed by atoms with Crippen LogP contribution in [0.3, 0.4) is 0 Å². The zero-order valence-electron chi connectivity index (χ0n) is 9.37. The van der Waals surface area contributed by atoms with Crippen LogP contribution in [0.2, 0.25) is 0 Å². The summed E-state index contributed by atoms with van der Waals surface area (Å²) in [6, 6.07) is 3.71. The van der Waals surface area contributed by atoms with E-state index < -0.39 is 0 Å². The summed E-state index contributed by atoms with van der Waals surface area (Å²) in [6.45, 7) is 2.08. The Morgan fingerprint density at radius 3 is 2.29 bits per heavy atom. The minimum atomic E-state index is 0.222. The predicted octanol–water partition coefficient (Wildman–Crippen LogP) is 3.74. The molecular weight excluding hydrogens is 348 g/mol. The number of nitrogens with zero attached hydrogens (tertiary/aromatic N) is 2. The number of aromatic hydroxyl groups is 1. The van der Waals surface area contributed by atoms with Crippen LogP contribution in [0.25, 0.3) is 0 Å². The molecular formula is C12H14Br2N2O. The molecule has 0 spiro atoms. The highest BCUT2D eigenvalue weighted by atomic mass is 79.9. The van der Waals surface area contributed by atoms with Crippen molar-refractivity contribution < 1.29 is 5.11 Å². The molecule has 1 aliphatic heterocycles. The molecule has 1 aliphatic rings. The van der Waals surface area contributed by atoms with Crippen LogP contribution in [0.5, 0.6) is 5.75 Å². The highest BCUT2D eigenvalue weighted by Gasteiger charge is 2.07. The normalized spacial score (nSPS) is 16.7. The molecule has 1 saturated heterocycles. The number of phenolic OH excluding ortho intramolecular Hbond substituents is 1. The van der Waals surface area contributed by atoms with Crippen molar-refractivity contribution in [1.29, 1.82) is 0 Å². The van der Waals surface area contributed by atoms with Gasteiger partial charge in [-0.1, -0.05) is 0 Å². The number of piperidine rings is 1. The Kier molecular flexibility index (Phi) is 4.45. The molecule has 5 heteroatoms. The second-order valence-electron chi connectivity index (χ2n) is 4.09. The van der Waals surface area contributed by atoms with Crippen LogP contribution < -0.4 is 0 Å². The van der Waals surface area contributed by atoms with Crippen molar-refractivity contribution in [3.63, 3.8) is 0 Å². The van der Waals surface area contributed by atoms with Crippen molar-refractivity contribution in [3.8, 4) is 5.75 Å². The van der Waals surface area contributed by atoms with Crippen LogP contribution >= 0.6 is 31.9 Å². The Balaban J connectivity index is 2.10. The maximum absolute atomic E-state index is 9.60. The van der Waals surface area contributed by atoms with E-state index >= 15 is 0 Å². The summed E-state index contributed by atoms with van der Waals surface area (Å²) in [6.07, 6.45) is 5.59. The van der Waals surface area contributed by atoms with Gasteiger partial charge >= 0.3 is 0 Å². The highest BCUT2D eigenvalue weighted by Crippen LogP contribution is 2.32. The van der Waals surface area contributed by atoms with Crippen LogP contribution in [0.1, 0.15) is 24.8 Å². The molecule has 0 saturated carbocycles. The number of hydrogen-bond donors (Lipinski definition) is 1. The number of phenols is 1. The molecule has 3 nitrogen and oxygen atoms in total. The van der Waals surface area contributed by atoms with Crippen molar-refractivity contribution in [3.05, 3.63) is 26.6 Å². The van der Waals surface area contributed by atoms with Gasteiger partial charge in [0.05, 0.1) is 15.2 Å². The molecule has 1 N–H and O–H groups in total. The summed E-state index contributed by atoms with van der Waals surface area (Å²) in [4.78, 5) is 0. The molecule has 1 fully saturated rings. The summed E-state index contributed by atoms with van der Waals surface area (Å²) in [7, 11) is 0. The SMILES string of the molecule is Oc1c(Br)cc(/C=N/N2CCCCC2)cc1Br. The summed E-state index contributed by atoms with van der Waals surface area (Å²) >= 11 is 6.62. The van der Waals surface area contributed by atoms with Crippen LogP contribution in [-0.4, -0.2) is 29.4 Å². The van der Waals surface area contributed by atoms with Gasteiger partial charge in [-0.3, -0.25) is 5.01 Å². The first-order valence-corrected chi connectivity index (χ1v) is 7.22. The van der Waals surface area contributed by atoms with E-state index in [-0.39, 0.29) is 5.75 Å². The topological polar surface area (TPSA) is 35.8 Å². The number of halogens is 2.